The minimum absolute atomic E-state index is 0.0210. The number of hydrogen-bond acceptors (Lipinski definition) is 11. The third kappa shape index (κ3) is 7.10. The quantitative estimate of drug-likeness (QED) is 0.178. The van der Waals surface area contributed by atoms with Crippen LogP contribution in [0.1, 0.15) is 50.5 Å². The molecule has 1 saturated carbocycles. The number of methoxy groups -OCH3 is 1. The average Bonchev–Trinajstić information content (AvgIpc) is 3.50. The van der Waals surface area contributed by atoms with E-state index in [-0.39, 0.29) is 74.4 Å². The summed E-state index contributed by atoms with van der Waals surface area (Å²) in [5, 5.41) is 23.3. The lowest BCUT2D eigenvalue weighted by Gasteiger charge is -2.50. The van der Waals surface area contributed by atoms with E-state index in [1.165, 1.54) is 31.4 Å². The Balaban J connectivity index is 1.25. The number of fused-ring (bicyclic) bond motifs is 3. The van der Waals surface area contributed by atoms with Crippen LogP contribution >= 0.6 is 0 Å². The van der Waals surface area contributed by atoms with E-state index in [9.17, 15) is 15.0 Å². The van der Waals surface area contributed by atoms with Gasteiger partial charge in [-0.05, 0) is 68.7 Å². The number of nitrogens with zero attached hydrogens (tertiary/aromatic N) is 5. The largest absolute Gasteiger partial charge is 0.508 e. The summed E-state index contributed by atoms with van der Waals surface area (Å²) in [7, 11) is 1.39. The first-order valence-corrected chi connectivity index (χ1v) is 19.3. The van der Waals surface area contributed by atoms with Crippen molar-refractivity contribution in [3.05, 3.63) is 41.5 Å². The van der Waals surface area contributed by atoms with E-state index >= 15 is 8.78 Å². The highest BCUT2D eigenvalue weighted by molar-refractivity contribution is 6.04. The highest BCUT2D eigenvalue weighted by Gasteiger charge is 2.50. The monoisotopic (exact) mass is 772 g/mol. The van der Waals surface area contributed by atoms with Gasteiger partial charge in [0.25, 0.3) is 0 Å². The van der Waals surface area contributed by atoms with Crippen LogP contribution in [0.3, 0.4) is 0 Å². The van der Waals surface area contributed by atoms with Gasteiger partial charge >= 0.3 is 12.1 Å². The highest BCUT2D eigenvalue weighted by atomic mass is 19.1. The van der Waals surface area contributed by atoms with Crippen LogP contribution in [0.2, 0.25) is 0 Å². The number of nitrogens with one attached hydrogen (secondary N) is 1. The van der Waals surface area contributed by atoms with Gasteiger partial charge in [-0.2, -0.15) is 9.97 Å². The van der Waals surface area contributed by atoms with Crippen LogP contribution in [-0.2, 0) is 9.47 Å². The molecule has 3 unspecified atom stereocenters. The Morgan fingerprint density at radius 3 is 2.68 bits per heavy atom. The first kappa shape index (κ1) is 37.9. The van der Waals surface area contributed by atoms with Crippen LogP contribution in [-0.4, -0.2) is 115 Å². The SMILES string of the molecule is C#Cc1c(F)ccc2cc(O)cc(-c3nc(OC)c4c(N5CCOCC(CNC(=O)O)C5)nc(OCC56CCCC5N(C5CCOCC5)CCC6)nc4c3F)c12. The standard InChI is InChI=1S/C41H46F2N6O7/c1-3-28-30(42)8-7-25-18-27(50)19-29(32(25)28)35-34(43)36-33(38(45-35)53-2)37(48-14-17-55-22-24(21-48)20-44-40(51)52)47-39(46-36)56-23-41-11-4-6-31(41)49(13-5-12-41)26-9-15-54-16-10-26/h1,7-8,18-19,24,26,31,44,50H,4-6,9-17,20-23H2,2H3,(H,51,52). The maximum Gasteiger partial charge on any atom is 0.404 e. The fraction of sp³-hybridized carbons (Fsp3) is 0.512. The van der Waals surface area contributed by atoms with Crippen LogP contribution in [0.5, 0.6) is 17.6 Å². The number of ether oxygens (including phenoxy) is 4. The topological polar surface area (TPSA) is 152 Å². The molecule has 3 aliphatic heterocycles. The van der Waals surface area contributed by atoms with Crippen LogP contribution in [0.15, 0.2) is 24.3 Å². The Bertz CT molecular complexity index is 2180. The summed E-state index contributed by atoms with van der Waals surface area (Å²) < 4.78 is 56.5. The minimum atomic E-state index is -1.15. The molecule has 56 heavy (non-hydrogen) atoms. The molecule has 5 heterocycles. The lowest BCUT2D eigenvalue weighted by molar-refractivity contribution is -0.0511. The summed E-state index contributed by atoms with van der Waals surface area (Å²) in [4.78, 5) is 30.2. The molecule has 4 fully saturated rings. The molecule has 3 saturated heterocycles. The van der Waals surface area contributed by atoms with Gasteiger partial charge in [0.15, 0.2) is 5.82 Å². The predicted molar refractivity (Wildman–Crippen MR) is 204 cm³/mol. The lowest BCUT2D eigenvalue weighted by Crippen LogP contribution is -2.56. The van der Waals surface area contributed by atoms with Gasteiger partial charge in [-0.15, -0.1) is 6.42 Å². The molecule has 0 spiro atoms. The van der Waals surface area contributed by atoms with Gasteiger partial charge in [0, 0.05) is 67.2 Å². The van der Waals surface area contributed by atoms with Crippen molar-refractivity contribution in [3.8, 4) is 41.2 Å². The number of carboxylic acid groups (broad SMARTS) is 1. The van der Waals surface area contributed by atoms with E-state index in [1.807, 2.05) is 4.90 Å². The number of likely N-dealkylation sites (tertiary alicyclic amines) is 1. The second-order valence-corrected chi connectivity index (χ2v) is 15.3. The van der Waals surface area contributed by atoms with Crippen molar-refractivity contribution in [1.82, 2.24) is 25.2 Å². The number of rotatable bonds is 9. The van der Waals surface area contributed by atoms with Gasteiger partial charge in [-0.3, -0.25) is 4.90 Å². The molecular formula is C41H46F2N6O7. The van der Waals surface area contributed by atoms with E-state index in [1.54, 1.807) is 0 Å². The van der Waals surface area contributed by atoms with Gasteiger partial charge in [-0.25, -0.2) is 18.6 Å². The maximum absolute atomic E-state index is 17.4. The maximum atomic E-state index is 17.4. The van der Waals surface area contributed by atoms with E-state index in [0.717, 1.165) is 64.7 Å². The van der Waals surface area contributed by atoms with Crippen molar-refractivity contribution in [2.45, 2.75) is 57.0 Å². The molecule has 296 valence electrons. The number of phenolic OH excluding ortho intramolecular Hbond substituents is 1. The fourth-order valence-electron chi connectivity index (χ4n) is 9.51. The molecular weight excluding hydrogens is 726 g/mol. The minimum Gasteiger partial charge on any atom is -0.508 e. The van der Waals surface area contributed by atoms with Crippen molar-refractivity contribution >= 4 is 33.6 Å². The molecule has 1 amide bonds. The number of aromatic hydroxyl groups is 1. The third-order valence-corrected chi connectivity index (χ3v) is 12.0. The van der Waals surface area contributed by atoms with E-state index in [2.05, 4.69) is 21.1 Å². The second kappa shape index (κ2) is 15.8. The number of amides is 1. The summed E-state index contributed by atoms with van der Waals surface area (Å²) in [6.07, 6.45) is 11.8. The summed E-state index contributed by atoms with van der Waals surface area (Å²) in [5.41, 5.74) is -0.596. The Morgan fingerprint density at radius 1 is 1.07 bits per heavy atom. The van der Waals surface area contributed by atoms with Crippen LogP contribution in [0.4, 0.5) is 19.4 Å². The summed E-state index contributed by atoms with van der Waals surface area (Å²) in [5.74, 6) is 0.623. The Labute approximate surface area is 323 Å². The summed E-state index contributed by atoms with van der Waals surface area (Å²) in [6, 6.07) is 6.13. The number of anilines is 1. The molecule has 0 bridgehead atoms. The highest BCUT2D eigenvalue weighted by Crippen LogP contribution is 2.49. The molecule has 2 aromatic heterocycles. The number of hydrogen-bond donors (Lipinski definition) is 3. The van der Waals surface area contributed by atoms with E-state index in [4.69, 9.17) is 35.3 Å². The average molecular weight is 773 g/mol. The zero-order valence-electron chi connectivity index (χ0n) is 31.4. The molecule has 13 nitrogen and oxygen atoms in total. The van der Waals surface area contributed by atoms with Crippen LogP contribution in [0, 0.1) is 35.3 Å². The number of pyridine rings is 1. The Kier molecular flexibility index (Phi) is 10.7. The number of aromatic nitrogens is 3. The van der Waals surface area contributed by atoms with Crippen molar-refractivity contribution < 1.29 is 42.7 Å². The normalized spacial score (nSPS) is 23.4. The van der Waals surface area contributed by atoms with Crippen molar-refractivity contribution in [2.24, 2.45) is 11.3 Å². The molecule has 15 heteroatoms. The zero-order valence-corrected chi connectivity index (χ0v) is 31.4. The number of halogens is 2. The molecule has 2 aromatic carbocycles. The van der Waals surface area contributed by atoms with Gasteiger partial charge in [-0.1, -0.05) is 18.4 Å². The number of carbonyl (C=O) groups is 1. The van der Waals surface area contributed by atoms with E-state index < -0.39 is 17.7 Å². The summed E-state index contributed by atoms with van der Waals surface area (Å²) >= 11 is 0. The first-order valence-electron chi connectivity index (χ1n) is 19.3. The number of terminal acetylenes is 1. The Hall–Kier alpha value is -5.04. The zero-order chi connectivity index (χ0) is 39.0. The van der Waals surface area contributed by atoms with E-state index in [0.29, 0.717) is 50.4 Å². The molecule has 4 aromatic rings. The molecule has 0 radical (unpaired) electrons. The second-order valence-electron chi connectivity index (χ2n) is 15.3. The van der Waals surface area contributed by atoms with Crippen LogP contribution in [0.25, 0.3) is 32.9 Å². The summed E-state index contributed by atoms with van der Waals surface area (Å²) in [6.45, 7) is 4.29. The van der Waals surface area contributed by atoms with Crippen molar-refractivity contribution in [2.75, 3.05) is 71.2 Å². The van der Waals surface area contributed by atoms with Gasteiger partial charge < -0.3 is 39.4 Å². The van der Waals surface area contributed by atoms with Gasteiger partial charge in [0.1, 0.15) is 34.0 Å². The molecule has 3 atom stereocenters. The lowest BCUT2D eigenvalue weighted by atomic mass is 9.74. The number of phenols is 1. The predicted octanol–water partition coefficient (Wildman–Crippen LogP) is 5.73. The first-order chi connectivity index (χ1) is 27.2. The third-order valence-electron chi connectivity index (χ3n) is 12.0. The number of piperidine rings is 1. The van der Waals surface area contributed by atoms with Crippen molar-refractivity contribution in [1.29, 1.82) is 0 Å². The van der Waals surface area contributed by atoms with Gasteiger partial charge in [0.05, 0.1) is 32.5 Å². The smallest absolute Gasteiger partial charge is 0.404 e. The number of benzene rings is 2. The molecule has 3 N–H and O–H groups in total. The molecule has 4 aliphatic rings. The fourth-order valence-corrected chi connectivity index (χ4v) is 9.51. The Morgan fingerprint density at radius 2 is 1.89 bits per heavy atom. The molecule has 8 rings (SSSR count). The molecule has 1 aliphatic carbocycles. The van der Waals surface area contributed by atoms with Crippen LogP contribution < -0.4 is 19.7 Å². The van der Waals surface area contributed by atoms with Gasteiger partial charge in [0.2, 0.25) is 5.88 Å². The van der Waals surface area contributed by atoms with Crippen molar-refractivity contribution in [3.63, 3.8) is 0 Å².